The minimum atomic E-state index is 0.576. The summed E-state index contributed by atoms with van der Waals surface area (Å²) in [4.78, 5) is 4.57. The van der Waals surface area contributed by atoms with Crippen LogP contribution in [0.5, 0.6) is 0 Å². The van der Waals surface area contributed by atoms with Crippen LogP contribution in [0.15, 0.2) is 150 Å². The molecule has 0 bridgehead atoms. The molecule has 0 amide bonds. The van der Waals surface area contributed by atoms with E-state index in [9.17, 15) is 0 Å². The Hall–Kier alpha value is -5.42. The highest BCUT2D eigenvalue weighted by atomic mass is 15.3. The molecule has 0 atom stereocenters. The number of benzene rings is 6. The number of hydrogen-bond donors (Lipinski definition) is 1. The van der Waals surface area contributed by atoms with Crippen molar-refractivity contribution in [2.24, 2.45) is 10.2 Å². The smallest absolute Gasteiger partial charge is 0.111 e. The number of nitrogens with two attached hydrogens (primary N) is 1. The first-order chi connectivity index (χ1) is 19.3. The fourth-order valence-electron chi connectivity index (χ4n) is 5.24. The molecule has 0 saturated heterocycles. The number of fused-ring (bicyclic) bond motifs is 3. The maximum absolute atomic E-state index is 6.40. The lowest BCUT2D eigenvalue weighted by atomic mass is 10.0. The Kier molecular flexibility index (Phi) is 5.52. The van der Waals surface area contributed by atoms with Crippen molar-refractivity contribution < 1.29 is 0 Å². The van der Waals surface area contributed by atoms with Crippen LogP contribution in [0.1, 0.15) is 0 Å². The number of anilines is 7. The molecular weight excluding hydrogens is 478 g/mol. The van der Waals surface area contributed by atoms with E-state index in [1.807, 2.05) is 48.5 Å². The average Bonchev–Trinajstić information content (AvgIpc) is 3.00. The Labute approximate surface area is 227 Å². The van der Waals surface area contributed by atoms with E-state index in [-0.39, 0.29) is 0 Å². The van der Waals surface area contributed by atoms with Gasteiger partial charge in [0.2, 0.25) is 0 Å². The molecule has 186 valence electrons. The van der Waals surface area contributed by atoms with E-state index in [4.69, 9.17) is 5.73 Å². The summed E-state index contributed by atoms with van der Waals surface area (Å²) in [5.41, 5.74) is 14.8. The monoisotopic (exact) mass is 503 g/mol. The van der Waals surface area contributed by atoms with Crippen LogP contribution in [0, 0.1) is 0 Å². The van der Waals surface area contributed by atoms with Crippen LogP contribution in [-0.4, -0.2) is 0 Å². The van der Waals surface area contributed by atoms with E-state index in [0.717, 1.165) is 50.6 Å². The molecule has 1 aliphatic heterocycles. The molecule has 1 heterocycles. The summed E-state index contributed by atoms with van der Waals surface area (Å²) in [6.45, 7) is 0. The molecule has 0 radical (unpaired) electrons. The lowest BCUT2D eigenvalue weighted by molar-refractivity contribution is 1.16. The highest BCUT2D eigenvalue weighted by molar-refractivity contribution is 6.01. The van der Waals surface area contributed by atoms with Crippen molar-refractivity contribution in [1.29, 1.82) is 0 Å². The predicted molar refractivity (Wildman–Crippen MR) is 162 cm³/mol. The van der Waals surface area contributed by atoms with E-state index in [2.05, 4.69) is 111 Å². The predicted octanol–water partition coefficient (Wildman–Crippen LogP) is 10.1. The largest absolute Gasteiger partial charge is 0.397 e. The molecule has 1 aliphatic rings. The number of nitrogen functional groups attached to an aromatic ring is 1. The third-order valence-electron chi connectivity index (χ3n) is 7.05. The number of rotatable bonds is 4. The minimum Gasteiger partial charge on any atom is -0.397 e. The fourth-order valence-corrected chi connectivity index (χ4v) is 5.24. The van der Waals surface area contributed by atoms with Gasteiger partial charge in [-0.2, -0.15) is 0 Å². The van der Waals surface area contributed by atoms with E-state index in [1.54, 1.807) is 0 Å². The average molecular weight is 504 g/mol. The Bertz CT molecular complexity index is 1790. The Morgan fingerprint density at radius 1 is 0.436 bits per heavy atom. The third-order valence-corrected chi connectivity index (χ3v) is 7.05. The van der Waals surface area contributed by atoms with Gasteiger partial charge in [-0.3, -0.25) is 0 Å². The van der Waals surface area contributed by atoms with Crippen LogP contribution in [0.4, 0.5) is 51.2 Å². The molecule has 6 aromatic carbocycles. The SMILES string of the molecule is Nc1ccc(N2c3ccccc3N(c3ccccc3)c3ccccc32)cc1N=Nc1cccc2ccccc12. The standard InChI is InChI=1S/C34H25N5/c35-28-22-21-26(23-30(28)37-36-29-16-10-12-24-11-4-5-15-27(24)29)39-33-19-8-6-17-31(33)38(25-13-2-1-3-14-25)32-18-7-9-20-34(32)39/h1-23H,35H2. The lowest BCUT2D eigenvalue weighted by Gasteiger charge is -2.40. The maximum Gasteiger partial charge on any atom is 0.111 e. The van der Waals surface area contributed by atoms with Gasteiger partial charge in [-0.15, -0.1) is 10.2 Å². The molecule has 6 aromatic rings. The molecule has 0 aromatic heterocycles. The molecule has 39 heavy (non-hydrogen) atoms. The normalized spacial score (nSPS) is 12.5. The zero-order valence-electron chi connectivity index (χ0n) is 21.1. The molecule has 5 heteroatoms. The van der Waals surface area contributed by atoms with E-state index in [1.165, 1.54) is 0 Å². The maximum atomic E-state index is 6.40. The molecule has 0 unspecified atom stereocenters. The molecule has 0 fully saturated rings. The van der Waals surface area contributed by atoms with Crippen molar-refractivity contribution in [3.8, 4) is 0 Å². The zero-order chi connectivity index (χ0) is 26.2. The summed E-state index contributed by atoms with van der Waals surface area (Å²) in [6.07, 6.45) is 0. The van der Waals surface area contributed by atoms with Crippen molar-refractivity contribution in [3.63, 3.8) is 0 Å². The van der Waals surface area contributed by atoms with Gasteiger partial charge in [-0.1, -0.05) is 78.9 Å². The number of para-hydroxylation sites is 5. The molecule has 0 saturated carbocycles. The van der Waals surface area contributed by atoms with Crippen LogP contribution < -0.4 is 15.5 Å². The van der Waals surface area contributed by atoms with Crippen molar-refractivity contribution in [1.82, 2.24) is 0 Å². The number of azo groups is 1. The summed E-state index contributed by atoms with van der Waals surface area (Å²) < 4.78 is 0. The summed E-state index contributed by atoms with van der Waals surface area (Å²) in [6, 6.07) is 47.5. The second-order valence-electron chi connectivity index (χ2n) is 9.43. The Morgan fingerprint density at radius 3 is 1.67 bits per heavy atom. The topological polar surface area (TPSA) is 57.2 Å². The highest BCUT2D eigenvalue weighted by Crippen LogP contribution is 2.54. The van der Waals surface area contributed by atoms with Crippen LogP contribution in [-0.2, 0) is 0 Å². The first-order valence-corrected chi connectivity index (χ1v) is 12.9. The van der Waals surface area contributed by atoms with Crippen LogP contribution in [0.25, 0.3) is 10.8 Å². The fraction of sp³-hybridized carbons (Fsp3) is 0. The summed E-state index contributed by atoms with van der Waals surface area (Å²) in [7, 11) is 0. The van der Waals surface area contributed by atoms with Gasteiger partial charge >= 0.3 is 0 Å². The van der Waals surface area contributed by atoms with Gasteiger partial charge in [0.25, 0.3) is 0 Å². The van der Waals surface area contributed by atoms with Crippen LogP contribution in [0.3, 0.4) is 0 Å². The quantitative estimate of drug-likeness (QED) is 0.192. The Balaban J connectivity index is 1.35. The minimum absolute atomic E-state index is 0.576. The Morgan fingerprint density at radius 2 is 0.974 bits per heavy atom. The van der Waals surface area contributed by atoms with Gasteiger partial charge in [0.05, 0.1) is 34.1 Å². The van der Waals surface area contributed by atoms with Crippen molar-refractivity contribution in [2.75, 3.05) is 15.5 Å². The summed E-state index contributed by atoms with van der Waals surface area (Å²) in [5.74, 6) is 0. The molecule has 7 rings (SSSR count). The third kappa shape index (κ3) is 3.97. The second kappa shape index (κ2) is 9.47. The van der Waals surface area contributed by atoms with Gasteiger partial charge in [-0.05, 0) is 66.0 Å². The van der Waals surface area contributed by atoms with Crippen LogP contribution >= 0.6 is 0 Å². The molecule has 5 nitrogen and oxygen atoms in total. The van der Waals surface area contributed by atoms with Gasteiger partial charge in [0.15, 0.2) is 0 Å². The van der Waals surface area contributed by atoms with Gasteiger partial charge in [-0.25, -0.2) is 0 Å². The number of hydrogen-bond acceptors (Lipinski definition) is 5. The summed E-state index contributed by atoms with van der Waals surface area (Å²) in [5, 5.41) is 11.4. The van der Waals surface area contributed by atoms with E-state index >= 15 is 0 Å². The van der Waals surface area contributed by atoms with Gasteiger partial charge in [0, 0.05) is 16.8 Å². The first kappa shape index (κ1) is 22.8. The van der Waals surface area contributed by atoms with Crippen molar-refractivity contribution >= 4 is 62.0 Å². The van der Waals surface area contributed by atoms with Crippen LogP contribution in [0.2, 0.25) is 0 Å². The van der Waals surface area contributed by atoms with E-state index < -0.39 is 0 Å². The molecule has 2 N–H and O–H groups in total. The number of nitrogens with zero attached hydrogens (tertiary/aromatic N) is 4. The molecular formula is C34H25N5. The highest BCUT2D eigenvalue weighted by Gasteiger charge is 2.30. The molecule has 0 aliphatic carbocycles. The second-order valence-corrected chi connectivity index (χ2v) is 9.43. The zero-order valence-corrected chi connectivity index (χ0v) is 21.1. The summed E-state index contributed by atoms with van der Waals surface area (Å²) >= 11 is 0. The van der Waals surface area contributed by atoms with Gasteiger partial charge < -0.3 is 15.5 Å². The molecule has 0 spiro atoms. The van der Waals surface area contributed by atoms with Crippen molar-refractivity contribution in [2.45, 2.75) is 0 Å². The first-order valence-electron chi connectivity index (χ1n) is 12.9. The lowest BCUT2D eigenvalue weighted by Crippen LogP contribution is -2.23. The van der Waals surface area contributed by atoms with Gasteiger partial charge in [0.1, 0.15) is 5.69 Å². The van der Waals surface area contributed by atoms with Crippen molar-refractivity contribution in [3.05, 3.63) is 140 Å². The van der Waals surface area contributed by atoms with E-state index in [0.29, 0.717) is 11.4 Å².